The molecule has 2 heterocycles. The SMILES string of the molecule is NC(CC1CCCCC1)C(=O)NN1C(=O)C(C(=O)C=Cc2ccncc2)C1Oc1ccccc1. The number of ether oxygens (including phenoxy) is 1. The normalized spacial score (nSPS) is 21.7. The summed E-state index contributed by atoms with van der Waals surface area (Å²) in [5.74, 6) is -1.53. The molecule has 1 saturated heterocycles. The number of hydrazine groups is 1. The van der Waals surface area contributed by atoms with Gasteiger partial charge in [0.25, 0.3) is 11.8 Å². The number of nitrogens with two attached hydrogens (primary N) is 1. The van der Waals surface area contributed by atoms with E-state index in [0.717, 1.165) is 36.3 Å². The van der Waals surface area contributed by atoms with Crippen LogP contribution in [0.3, 0.4) is 0 Å². The first-order valence-corrected chi connectivity index (χ1v) is 11.8. The van der Waals surface area contributed by atoms with Gasteiger partial charge in [-0.25, -0.2) is 5.01 Å². The highest BCUT2D eigenvalue weighted by atomic mass is 16.5. The number of para-hydroxylation sites is 1. The van der Waals surface area contributed by atoms with Gasteiger partial charge in [0.2, 0.25) is 6.23 Å². The maximum Gasteiger partial charge on any atom is 0.261 e. The number of aromatic nitrogens is 1. The first-order chi connectivity index (χ1) is 16.5. The van der Waals surface area contributed by atoms with Crippen molar-refractivity contribution < 1.29 is 19.1 Å². The van der Waals surface area contributed by atoms with Gasteiger partial charge >= 0.3 is 0 Å². The van der Waals surface area contributed by atoms with E-state index in [9.17, 15) is 14.4 Å². The summed E-state index contributed by atoms with van der Waals surface area (Å²) < 4.78 is 5.93. The van der Waals surface area contributed by atoms with E-state index >= 15 is 0 Å². The minimum atomic E-state index is -1.06. The first kappa shape index (κ1) is 23.6. The van der Waals surface area contributed by atoms with Crippen LogP contribution in [-0.4, -0.2) is 39.9 Å². The molecule has 0 bridgehead atoms. The summed E-state index contributed by atoms with van der Waals surface area (Å²) in [7, 11) is 0. The zero-order chi connectivity index (χ0) is 23.9. The average Bonchev–Trinajstić information content (AvgIpc) is 2.87. The van der Waals surface area contributed by atoms with Crippen LogP contribution in [0.1, 0.15) is 44.1 Å². The molecule has 0 spiro atoms. The molecular weight excluding hydrogens is 432 g/mol. The Bertz CT molecular complexity index is 1020. The van der Waals surface area contributed by atoms with Crippen molar-refractivity contribution in [2.24, 2.45) is 17.6 Å². The number of amides is 2. The number of nitrogens with zero attached hydrogens (tertiary/aromatic N) is 2. The Morgan fingerprint density at radius 1 is 1.12 bits per heavy atom. The topological polar surface area (TPSA) is 115 Å². The molecule has 1 aliphatic heterocycles. The second kappa shape index (κ2) is 11.1. The summed E-state index contributed by atoms with van der Waals surface area (Å²) >= 11 is 0. The van der Waals surface area contributed by atoms with Crippen molar-refractivity contribution in [2.45, 2.75) is 50.8 Å². The highest BCUT2D eigenvalue weighted by molar-refractivity contribution is 6.12. The predicted molar refractivity (Wildman–Crippen MR) is 127 cm³/mol. The Hall–Kier alpha value is -3.52. The van der Waals surface area contributed by atoms with E-state index in [4.69, 9.17) is 10.5 Å². The molecule has 1 saturated carbocycles. The molecule has 0 radical (unpaired) electrons. The highest BCUT2D eigenvalue weighted by Crippen LogP contribution is 2.30. The van der Waals surface area contributed by atoms with Crippen molar-refractivity contribution in [1.82, 2.24) is 15.4 Å². The van der Waals surface area contributed by atoms with Crippen molar-refractivity contribution in [1.29, 1.82) is 0 Å². The maximum atomic E-state index is 12.9. The van der Waals surface area contributed by atoms with Gasteiger partial charge in [-0.3, -0.25) is 24.8 Å². The third-order valence-corrected chi connectivity index (χ3v) is 6.38. The molecular formula is C26H30N4O4. The number of hydrogen-bond acceptors (Lipinski definition) is 6. The van der Waals surface area contributed by atoms with E-state index in [1.54, 1.807) is 54.9 Å². The molecule has 3 unspecified atom stereocenters. The summed E-state index contributed by atoms with van der Waals surface area (Å²) in [6, 6.07) is 11.7. The van der Waals surface area contributed by atoms with Gasteiger partial charge in [-0.2, -0.15) is 0 Å². The minimum absolute atomic E-state index is 0.403. The Morgan fingerprint density at radius 3 is 2.53 bits per heavy atom. The van der Waals surface area contributed by atoms with Crippen LogP contribution in [0, 0.1) is 11.8 Å². The van der Waals surface area contributed by atoms with E-state index in [0.29, 0.717) is 18.1 Å². The summed E-state index contributed by atoms with van der Waals surface area (Å²) in [6.07, 6.45) is 11.5. The molecule has 8 heteroatoms. The van der Waals surface area contributed by atoms with Gasteiger partial charge in [0.05, 0.1) is 6.04 Å². The highest BCUT2D eigenvalue weighted by Gasteiger charge is 2.54. The average molecular weight is 463 g/mol. The molecule has 178 valence electrons. The molecule has 4 rings (SSSR count). The molecule has 2 aliphatic rings. The third kappa shape index (κ3) is 5.69. The Balaban J connectivity index is 1.44. The molecule has 2 aromatic rings. The largest absolute Gasteiger partial charge is 0.467 e. The molecule has 3 atom stereocenters. The fraction of sp³-hybridized carbons (Fsp3) is 0.385. The molecule has 34 heavy (non-hydrogen) atoms. The van der Waals surface area contributed by atoms with Crippen LogP contribution in [0.15, 0.2) is 60.9 Å². The number of hydrogen-bond donors (Lipinski definition) is 2. The lowest BCUT2D eigenvalue weighted by Crippen LogP contribution is -2.72. The van der Waals surface area contributed by atoms with Crippen LogP contribution in [-0.2, 0) is 14.4 Å². The summed E-state index contributed by atoms with van der Waals surface area (Å²) in [6.45, 7) is 0. The van der Waals surface area contributed by atoms with Gasteiger partial charge in [0.1, 0.15) is 5.75 Å². The molecule has 1 aromatic carbocycles. The lowest BCUT2D eigenvalue weighted by molar-refractivity contribution is -0.189. The number of β-lactam (4-membered cyclic amide) rings is 1. The van der Waals surface area contributed by atoms with E-state index < -0.39 is 35.8 Å². The smallest absolute Gasteiger partial charge is 0.261 e. The zero-order valence-electron chi connectivity index (χ0n) is 19.0. The molecule has 2 amide bonds. The third-order valence-electron chi connectivity index (χ3n) is 6.38. The second-order valence-electron chi connectivity index (χ2n) is 8.85. The number of ketones is 1. The van der Waals surface area contributed by atoms with E-state index in [-0.39, 0.29) is 0 Å². The van der Waals surface area contributed by atoms with Crippen LogP contribution in [0.25, 0.3) is 6.08 Å². The molecule has 1 aliphatic carbocycles. The maximum absolute atomic E-state index is 12.9. The second-order valence-corrected chi connectivity index (χ2v) is 8.85. The molecule has 2 fully saturated rings. The number of carbonyl (C=O) groups is 3. The van der Waals surface area contributed by atoms with E-state index in [1.165, 1.54) is 12.5 Å². The van der Waals surface area contributed by atoms with Crippen molar-refractivity contribution in [3.8, 4) is 5.75 Å². The lowest BCUT2D eigenvalue weighted by atomic mass is 9.85. The quantitative estimate of drug-likeness (QED) is 0.336. The monoisotopic (exact) mass is 462 g/mol. The van der Waals surface area contributed by atoms with Gasteiger partial charge < -0.3 is 10.5 Å². The van der Waals surface area contributed by atoms with Gasteiger partial charge in [0, 0.05) is 12.4 Å². The Labute approximate surface area is 199 Å². The van der Waals surface area contributed by atoms with Crippen LogP contribution < -0.4 is 15.9 Å². The molecule has 3 N–H and O–H groups in total. The summed E-state index contributed by atoms with van der Waals surface area (Å²) in [5.41, 5.74) is 9.53. The van der Waals surface area contributed by atoms with E-state index in [2.05, 4.69) is 10.4 Å². The Morgan fingerprint density at radius 2 is 1.82 bits per heavy atom. The van der Waals surface area contributed by atoms with E-state index in [1.807, 2.05) is 6.07 Å². The van der Waals surface area contributed by atoms with Gasteiger partial charge in [-0.1, -0.05) is 56.4 Å². The lowest BCUT2D eigenvalue weighted by Gasteiger charge is -2.44. The van der Waals surface area contributed by atoms with Crippen LogP contribution in [0.5, 0.6) is 5.75 Å². The molecule has 1 aromatic heterocycles. The number of carbonyl (C=O) groups excluding carboxylic acids is 3. The van der Waals surface area contributed by atoms with Crippen LogP contribution in [0.4, 0.5) is 0 Å². The minimum Gasteiger partial charge on any atom is -0.467 e. The zero-order valence-corrected chi connectivity index (χ0v) is 19.0. The number of benzene rings is 1. The molecule has 8 nitrogen and oxygen atoms in total. The predicted octanol–water partition coefficient (Wildman–Crippen LogP) is 2.86. The van der Waals surface area contributed by atoms with Crippen molar-refractivity contribution in [2.75, 3.05) is 0 Å². The Kier molecular flexibility index (Phi) is 7.69. The fourth-order valence-electron chi connectivity index (χ4n) is 4.45. The van der Waals surface area contributed by atoms with Gasteiger partial charge in [0.15, 0.2) is 11.7 Å². The van der Waals surface area contributed by atoms with Gasteiger partial charge in [-0.05, 0) is 48.2 Å². The first-order valence-electron chi connectivity index (χ1n) is 11.8. The van der Waals surface area contributed by atoms with Crippen LogP contribution in [0.2, 0.25) is 0 Å². The number of nitrogens with one attached hydrogen (secondary N) is 1. The van der Waals surface area contributed by atoms with Crippen molar-refractivity contribution in [3.05, 3.63) is 66.5 Å². The van der Waals surface area contributed by atoms with Crippen molar-refractivity contribution >= 4 is 23.7 Å². The summed E-state index contributed by atoms with van der Waals surface area (Å²) in [4.78, 5) is 42.5. The fourth-order valence-corrected chi connectivity index (χ4v) is 4.45. The van der Waals surface area contributed by atoms with Crippen molar-refractivity contribution in [3.63, 3.8) is 0 Å². The number of allylic oxidation sites excluding steroid dienone is 1. The van der Waals surface area contributed by atoms with Crippen LogP contribution >= 0.6 is 0 Å². The number of pyridine rings is 1. The standard InChI is InChI=1S/C26H30N4O4/c27-21(17-19-7-3-1-4-8-19)24(32)29-30-25(33)23(26(30)34-20-9-5-2-6-10-20)22(31)12-11-18-13-15-28-16-14-18/h2,5-6,9-16,19,21,23,26H,1,3-4,7-8,17,27H2,(H,29,32). The van der Waals surface area contributed by atoms with Gasteiger partial charge in [-0.15, -0.1) is 0 Å². The number of rotatable bonds is 9. The summed E-state index contributed by atoms with van der Waals surface area (Å²) in [5, 5.41) is 1.08.